The average Bonchev–Trinajstić information content (AvgIpc) is 3.04. The lowest BCUT2D eigenvalue weighted by Gasteiger charge is -2.06. The Morgan fingerprint density at radius 3 is 2.42 bits per heavy atom. The Morgan fingerprint density at radius 2 is 1.83 bits per heavy atom. The highest BCUT2D eigenvalue weighted by Gasteiger charge is 2.15. The molecule has 0 radical (unpaired) electrons. The zero-order chi connectivity index (χ0) is 17.7. The van der Waals surface area contributed by atoms with E-state index < -0.39 is 4.92 Å². The second-order valence-corrected chi connectivity index (χ2v) is 5.73. The van der Waals surface area contributed by atoms with Crippen LogP contribution in [0.15, 0.2) is 12.1 Å². The minimum Gasteiger partial charge on any atom is -0.358 e. The van der Waals surface area contributed by atoms with E-state index in [0.717, 1.165) is 24.4 Å². The molecule has 0 bridgehead atoms. The Morgan fingerprint density at radius 1 is 1.17 bits per heavy atom. The number of carbonyl (C=O) groups is 1. The third-order valence-electron chi connectivity index (χ3n) is 3.68. The molecule has 0 saturated carbocycles. The number of rotatable bonds is 8. The molecule has 0 aliphatic rings. The van der Waals surface area contributed by atoms with E-state index in [2.05, 4.69) is 15.5 Å². The van der Waals surface area contributed by atoms with Crippen molar-refractivity contribution < 1.29 is 9.72 Å². The minimum absolute atomic E-state index is 0.0964. The largest absolute Gasteiger partial charge is 0.390 e. The Hall–Kier alpha value is -2.71. The SMILES string of the molecule is Cc1cc(C)n(CCCNC(=O)CCn2nc([N+](=O)[O-])cc2C)n1. The third-order valence-corrected chi connectivity index (χ3v) is 3.68. The Labute approximate surface area is 139 Å². The number of aryl methyl sites for hydroxylation is 5. The van der Waals surface area contributed by atoms with Crippen LogP contribution < -0.4 is 5.32 Å². The van der Waals surface area contributed by atoms with Gasteiger partial charge in [-0.05, 0) is 38.2 Å². The summed E-state index contributed by atoms with van der Waals surface area (Å²) in [5.74, 6) is -0.293. The van der Waals surface area contributed by atoms with Crippen LogP contribution in [-0.4, -0.2) is 36.9 Å². The predicted molar refractivity (Wildman–Crippen MR) is 87.6 cm³/mol. The summed E-state index contributed by atoms with van der Waals surface area (Å²) in [5, 5.41) is 21.7. The van der Waals surface area contributed by atoms with E-state index >= 15 is 0 Å². The fourth-order valence-electron chi connectivity index (χ4n) is 2.46. The van der Waals surface area contributed by atoms with Crippen molar-refractivity contribution in [2.45, 2.75) is 46.7 Å². The highest BCUT2D eigenvalue weighted by Crippen LogP contribution is 2.11. The van der Waals surface area contributed by atoms with Gasteiger partial charge in [-0.15, -0.1) is 0 Å². The van der Waals surface area contributed by atoms with E-state index in [1.165, 1.54) is 10.7 Å². The standard InChI is InChI=1S/C15H22N6O3/c1-11-9-12(2)19(17-11)7-4-6-16-15(22)5-8-20-13(3)10-14(18-20)21(23)24/h9-10H,4-8H2,1-3H3,(H,16,22). The highest BCUT2D eigenvalue weighted by atomic mass is 16.6. The van der Waals surface area contributed by atoms with Gasteiger partial charge in [0.1, 0.15) is 0 Å². The number of amides is 1. The average molecular weight is 334 g/mol. The third kappa shape index (κ3) is 4.64. The van der Waals surface area contributed by atoms with E-state index in [0.29, 0.717) is 18.8 Å². The monoisotopic (exact) mass is 334 g/mol. The topological polar surface area (TPSA) is 108 Å². The van der Waals surface area contributed by atoms with Crippen LogP contribution in [0.25, 0.3) is 0 Å². The van der Waals surface area contributed by atoms with Crippen LogP contribution in [0, 0.1) is 30.9 Å². The predicted octanol–water partition coefficient (Wildman–Crippen LogP) is 1.51. The summed E-state index contributed by atoms with van der Waals surface area (Å²) in [6.07, 6.45) is 1.03. The fraction of sp³-hybridized carbons (Fsp3) is 0.533. The molecule has 1 amide bonds. The summed E-state index contributed by atoms with van der Waals surface area (Å²) in [7, 11) is 0. The molecule has 2 rings (SSSR count). The molecule has 0 unspecified atom stereocenters. The maximum absolute atomic E-state index is 11.8. The second kappa shape index (κ2) is 7.71. The van der Waals surface area contributed by atoms with Crippen molar-refractivity contribution >= 4 is 11.7 Å². The first-order valence-electron chi connectivity index (χ1n) is 7.83. The quantitative estimate of drug-likeness (QED) is 0.447. The van der Waals surface area contributed by atoms with Gasteiger partial charge >= 0.3 is 5.82 Å². The highest BCUT2D eigenvalue weighted by molar-refractivity contribution is 5.75. The van der Waals surface area contributed by atoms with Crippen molar-refractivity contribution in [1.29, 1.82) is 0 Å². The van der Waals surface area contributed by atoms with E-state index in [1.54, 1.807) is 6.92 Å². The van der Waals surface area contributed by atoms with Crippen LogP contribution in [0.1, 0.15) is 29.9 Å². The van der Waals surface area contributed by atoms with E-state index in [9.17, 15) is 14.9 Å². The van der Waals surface area contributed by atoms with Crippen LogP contribution in [0.5, 0.6) is 0 Å². The number of aromatic nitrogens is 4. The van der Waals surface area contributed by atoms with Crippen LogP contribution in [0.4, 0.5) is 5.82 Å². The summed E-state index contributed by atoms with van der Waals surface area (Å²) in [5.41, 5.74) is 2.76. The molecule has 0 spiro atoms. The lowest BCUT2D eigenvalue weighted by atomic mass is 10.3. The number of hydrogen-bond acceptors (Lipinski definition) is 5. The Bertz CT molecular complexity index is 734. The van der Waals surface area contributed by atoms with E-state index in [-0.39, 0.29) is 18.1 Å². The first-order chi connectivity index (χ1) is 11.4. The Balaban J connectivity index is 1.70. The maximum Gasteiger partial charge on any atom is 0.390 e. The van der Waals surface area contributed by atoms with Crippen LogP contribution >= 0.6 is 0 Å². The molecule has 0 atom stereocenters. The molecule has 2 aromatic heterocycles. The van der Waals surface area contributed by atoms with Gasteiger partial charge in [-0.25, -0.2) is 0 Å². The van der Waals surface area contributed by atoms with Gasteiger partial charge < -0.3 is 15.4 Å². The van der Waals surface area contributed by atoms with Crippen molar-refractivity contribution in [3.8, 4) is 0 Å². The van der Waals surface area contributed by atoms with Gasteiger partial charge in [0.25, 0.3) is 0 Å². The molecule has 9 heteroatoms. The first-order valence-corrected chi connectivity index (χ1v) is 7.83. The lowest BCUT2D eigenvalue weighted by Crippen LogP contribution is -2.26. The molecule has 0 saturated heterocycles. The fourth-order valence-corrected chi connectivity index (χ4v) is 2.46. The van der Waals surface area contributed by atoms with Gasteiger partial charge in [-0.2, -0.15) is 9.78 Å². The van der Waals surface area contributed by atoms with Crippen LogP contribution in [0.3, 0.4) is 0 Å². The molecule has 0 aliphatic heterocycles. The van der Waals surface area contributed by atoms with Crippen molar-refractivity contribution in [2.24, 2.45) is 0 Å². The summed E-state index contributed by atoms with van der Waals surface area (Å²) < 4.78 is 3.40. The smallest absolute Gasteiger partial charge is 0.358 e. The molecule has 2 heterocycles. The maximum atomic E-state index is 11.8. The molecule has 0 fully saturated rings. The van der Waals surface area contributed by atoms with Gasteiger partial charge in [0.05, 0.1) is 29.1 Å². The molecular formula is C15H22N6O3. The van der Waals surface area contributed by atoms with Crippen molar-refractivity contribution in [2.75, 3.05) is 6.54 Å². The summed E-state index contributed by atoms with van der Waals surface area (Å²) in [4.78, 5) is 22.0. The summed E-state index contributed by atoms with van der Waals surface area (Å²) in [6, 6.07) is 3.41. The number of hydrogen-bond donors (Lipinski definition) is 1. The number of nitrogens with one attached hydrogen (secondary N) is 1. The summed E-state index contributed by atoms with van der Waals surface area (Å²) in [6.45, 7) is 7.33. The van der Waals surface area contributed by atoms with Crippen LogP contribution in [0.2, 0.25) is 0 Å². The molecule has 0 aromatic carbocycles. The second-order valence-electron chi connectivity index (χ2n) is 5.73. The van der Waals surface area contributed by atoms with Gasteiger partial charge in [0, 0.05) is 25.2 Å². The van der Waals surface area contributed by atoms with Gasteiger partial charge in [0.15, 0.2) is 0 Å². The van der Waals surface area contributed by atoms with E-state index in [1.807, 2.05) is 24.6 Å². The number of nitro groups is 1. The molecule has 130 valence electrons. The molecule has 1 N–H and O–H groups in total. The summed E-state index contributed by atoms with van der Waals surface area (Å²) >= 11 is 0. The lowest BCUT2D eigenvalue weighted by molar-refractivity contribution is -0.389. The van der Waals surface area contributed by atoms with E-state index in [4.69, 9.17) is 0 Å². The van der Waals surface area contributed by atoms with Crippen LogP contribution in [-0.2, 0) is 17.9 Å². The molecular weight excluding hydrogens is 312 g/mol. The zero-order valence-electron chi connectivity index (χ0n) is 14.2. The zero-order valence-corrected chi connectivity index (χ0v) is 14.2. The normalized spacial score (nSPS) is 10.8. The number of nitrogens with zero attached hydrogens (tertiary/aromatic N) is 5. The molecule has 24 heavy (non-hydrogen) atoms. The van der Waals surface area contributed by atoms with Crippen molar-refractivity contribution in [3.05, 3.63) is 39.3 Å². The molecule has 2 aromatic rings. The van der Waals surface area contributed by atoms with Crippen molar-refractivity contribution in [1.82, 2.24) is 24.9 Å². The number of carbonyl (C=O) groups excluding carboxylic acids is 1. The molecule has 9 nitrogen and oxygen atoms in total. The van der Waals surface area contributed by atoms with Crippen molar-refractivity contribution in [3.63, 3.8) is 0 Å². The first kappa shape index (κ1) is 17.6. The molecule has 0 aliphatic carbocycles. The van der Waals surface area contributed by atoms with Gasteiger partial charge in [-0.1, -0.05) is 0 Å². The minimum atomic E-state index is -0.539. The van der Waals surface area contributed by atoms with Gasteiger partial charge in [0.2, 0.25) is 5.91 Å². The van der Waals surface area contributed by atoms with Gasteiger partial charge in [-0.3, -0.25) is 9.48 Å². The Kier molecular flexibility index (Phi) is 5.67.